The van der Waals surface area contributed by atoms with Crippen LogP contribution in [0.3, 0.4) is 0 Å². The van der Waals surface area contributed by atoms with Gasteiger partial charge < -0.3 is 66.5 Å². The minimum atomic E-state index is -3.29. The zero-order valence-electron chi connectivity index (χ0n) is 72.6. The number of pyridine rings is 5. The molecule has 34 nitrogen and oxygen atoms in total. The van der Waals surface area contributed by atoms with E-state index >= 15 is 0 Å². The van der Waals surface area contributed by atoms with Crippen molar-refractivity contribution in [3.8, 4) is 47.3 Å². The molecule has 10 aliphatic rings. The molecule has 0 fully saturated rings. The Hall–Kier alpha value is -11.1. The van der Waals surface area contributed by atoms with Crippen LogP contribution in [0, 0.1) is 51.4 Å². The summed E-state index contributed by atoms with van der Waals surface area (Å²) in [6.07, 6.45) is 23.4. The van der Waals surface area contributed by atoms with Gasteiger partial charge in [-0.2, -0.15) is 28.6 Å². The summed E-state index contributed by atoms with van der Waals surface area (Å²) in [5, 5.41) is 47.3. The number of ether oxygens (including phenoxy) is 3. The van der Waals surface area contributed by atoms with E-state index in [9.17, 15) is 44.5 Å². The molecule has 0 aliphatic carbocycles. The van der Waals surface area contributed by atoms with Gasteiger partial charge in [0, 0.05) is 131 Å². The number of nitrogens with one attached hydrogen (secondary N) is 1. The van der Waals surface area contributed by atoms with Crippen LogP contribution in [-0.4, -0.2) is 243 Å². The Bertz CT molecular complexity index is 5920. The maximum atomic E-state index is 13.7. The number of primary sulfonamides is 1. The van der Waals surface area contributed by atoms with Crippen LogP contribution < -0.4 is 89.1 Å². The fourth-order valence-corrected chi connectivity index (χ4v) is 14.9. The number of aliphatic hydroxyl groups is 1. The average molecular weight is 1850 g/mol. The molecule has 128 heavy (non-hydrogen) atoms. The van der Waals surface area contributed by atoms with Gasteiger partial charge in [-0.3, -0.25) is 34.1 Å². The Morgan fingerprint density at radius 3 is 1.22 bits per heavy atom. The van der Waals surface area contributed by atoms with Gasteiger partial charge in [0.2, 0.25) is 33.2 Å². The van der Waals surface area contributed by atoms with Crippen molar-refractivity contribution < 1.29 is 119 Å². The van der Waals surface area contributed by atoms with Crippen LogP contribution in [0.25, 0.3) is 0 Å². The number of aliphatic imine (C=N–C) groups is 10. The molecular formula is C84H91ClF4N24Na2O10S3. The number of sulfone groups is 1. The second-order valence-electron chi connectivity index (χ2n) is 26.7. The van der Waals surface area contributed by atoms with Crippen LogP contribution in [0.4, 0.5) is 46.0 Å². The van der Waals surface area contributed by atoms with Gasteiger partial charge in [0.05, 0.1) is 123 Å². The topological polar surface area (TPSA) is 461 Å². The van der Waals surface area contributed by atoms with Crippen molar-refractivity contribution in [2.24, 2.45) is 55.1 Å². The SMILES string of the molecule is CCCS(=O)(=O)Cc1cccc(Oc2cc3c(cn2)N=CN2CCCN=C32)c1C#N.CCCS(N)(=O)=O.CC[S-].CO.COc1cc2c(cn1)N=CN1CCCN=C21.C[O-].Clc1cc2c(cn1)N=CN1CCCN=C21.N#Cc1c(F)cccc1F.N#Cc1c(F)cccc1Oc1cc2c(cn1)N=CN1CCCN=C21.O=c1cc2c(c[nH]1)N=CN1CCCN=C21.[2H]CF.[Na+].[Na+]. The van der Waals surface area contributed by atoms with E-state index in [1.54, 1.807) is 100 Å². The van der Waals surface area contributed by atoms with Crippen molar-refractivity contribution in [1.82, 2.24) is 49.4 Å². The summed E-state index contributed by atoms with van der Waals surface area (Å²) >= 11 is 10.3. The number of sulfonamides is 1. The van der Waals surface area contributed by atoms with Crippen molar-refractivity contribution in [3.63, 3.8) is 0 Å². The van der Waals surface area contributed by atoms with E-state index in [4.69, 9.17) is 47.9 Å². The molecule has 3 aromatic carbocycles. The smallest absolute Gasteiger partial charge is 0.857 e. The molecule has 0 unspecified atom stereocenters. The number of rotatable bonds is 11. The maximum Gasteiger partial charge on any atom is 1.00 e. The predicted molar refractivity (Wildman–Crippen MR) is 479 cm³/mol. The number of nitrogens with two attached hydrogens (primary N) is 1. The van der Waals surface area contributed by atoms with Gasteiger partial charge in [-0.15, -0.1) is 0 Å². The maximum absolute atomic E-state index is 13.7. The Labute approximate surface area is 795 Å². The number of methoxy groups -OCH3 is 1. The molecule has 0 atom stereocenters. The molecule has 10 aliphatic heterocycles. The molecule has 8 aromatic rings. The van der Waals surface area contributed by atoms with Crippen LogP contribution in [-0.2, 0) is 38.2 Å². The first-order valence-corrected chi connectivity index (χ1v) is 43.6. The Morgan fingerprint density at radius 1 is 0.531 bits per heavy atom. The molecule has 5 aromatic heterocycles. The van der Waals surface area contributed by atoms with Crippen molar-refractivity contribution in [2.45, 2.75) is 71.5 Å². The van der Waals surface area contributed by atoms with E-state index < -0.39 is 50.0 Å². The second kappa shape index (κ2) is 53.7. The molecule has 4 N–H and O–H groups in total. The molecule has 0 saturated carbocycles. The largest absolute Gasteiger partial charge is 1.00 e. The summed E-state index contributed by atoms with van der Waals surface area (Å²) in [7, 11) is -4.10. The van der Waals surface area contributed by atoms with Gasteiger partial charge in [-0.1, -0.05) is 56.6 Å². The summed E-state index contributed by atoms with van der Waals surface area (Å²) in [4.78, 5) is 84.9. The van der Waals surface area contributed by atoms with Crippen LogP contribution in [0.1, 0.15) is 117 Å². The van der Waals surface area contributed by atoms with Crippen LogP contribution in [0.2, 0.25) is 5.15 Å². The molecular weight excluding hydrogens is 1760 g/mol. The molecule has 662 valence electrons. The quantitative estimate of drug-likeness (QED) is 0.0661. The third kappa shape index (κ3) is 29.5. The monoisotopic (exact) mass is 1850 g/mol. The van der Waals surface area contributed by atoms with Crippen molar-refractivity contribution >= 4 is 133 Å². The number of aliphatic hydroxyl groups excluding tert-OH is 1. The van der Waals surface area contributed by atoms with Crippen LogP contribution in [0.15, 0.2) is 171 Å². The van der Waals surface area contributed by atoms with E-state index in [2.05, 4.69) is 108 Å². The summed E-state index contributed by atoms with van der Waals surface area (Å²) in [5.41, 5.74) is 8.21. The first-order valence-electron chi connectivity index (χ1n) is 39.8. The van der Waals surface area contributed by atoms with Crippen molar-refractivity contribution in [1.29, 1.82) is 15.8 Å². The number of aromatic amines is 1. The summed E-state index contributed by atoms with van der Waals surface area (Å²) in [6, 6.07) is 26.6. The van der Waals surface area contributed by atoms with E-state index in [1.165, 1.54) is 30.3 Å². The van der Waals surface area contributed by atoms with E-state index in [0.29, 0.717) is 46.7 Å². The van der Waals surface area contributed by atoms with Gasteiger partial charge in [-0.05, 0) is 86.9 Å². The number of fused-ring (bicyclic) bond motifs is 15. The second-order valence-corrected chi connectivity index (χ2v) is 31.6. The van der Waals surface area contributed by atoms with Crippen LogP contribution >= 0.6 is 11.6 Å². The summed E-state index contributed by atoms with van der Waals surface area (Å²) < 4.78 is 115. The minimum Gasteiger partial charge on any atom is -0.857 e. The summed E-state index contributed by atoms with van der Waals surface area (Å²) in [6.45, 7) is 14.2. The fraction of sp³-hybridized carbons (Fsp3) is 0.333. The van der Waals surface area contributed by atoms with Gasteiger partial charge in [0.1, 0.15) is 92.6 Å². The number of nitriles is 3. The number of H-pyrrole nitrogens is 1. The molecule has 0 bridgehead atoms. The van der Waals surface area contributed by atoms with E-state index in [1.807, 2.05) is 59.4 Å². The predicted octanol–water partition coefficient (Wildman–Crippen LogP) is 5.04. The Balaban J connectivity index is 0.000000235. The Morgan fingerprint density at radius 2 is 0.859 bits per heavy atom. The van der Waals surface area contributed by atoms with Gasteiger partial charge >= 0.3 is 59.1 Å². The Kier molecular flexibility index (Phi) is 43.6. The molecule has 0 spiro atoms. The molecule has 0 amide bonds. The molecule has 18 rings (SSSR count). The van der Waals surface area contributed by atoms with Crippen molar-refractivity contribution in [2.75, 3.05) is 111 Å². The average Bonchev–Trinajstić information content (AvgIpc) is 0.789. The number of amidine groups is 5. The number of alkyl halides is 1. The van der Waals surface area contributed by atoms with Gasteiger partial charge in [0.15, 0.2) is 9.84 Å². The van der Waals surface area contributed by atoms with Crippen LogP contribution in [0.5, 0.6) is 29.1 Å². The number of halogens is 5. The molecule has 15 heterocycles. The zero-order valence-corrected chi connectivity index (χ0v) is 78.8. The zero-order chi connectivity index (χ0) is 92.0. The summed E-state index contributed by atoms with van der Waals surface area (Å²) in [5.74, 6) is 4.60. The number of benzene rings is 3. The minimum absolute atomic E-state index is 0. The van der Waals surface area contributed by atoms with E-state index in [0.717, 1.165) is 204 Å². The van der Waals surface area contributed by atoms with Crippen molar-refractivity contribution in [3.05, 3.63) is 199 Å². The fourth-order valence-electron chi connectivity index (χ4n) is 12.7. The molecule has 44 heteroatoms. The number of hydrogen-bond acceptors (Lipinski definition) is 33. The number of aromatic nitrogens is 5. The van der Waals surface area contributed by atoms with Gasteiger partial charge in [0.25, 0.3) is 0 Å². The molecule has 0 saturated heterocycles. The first kappa shape index (κ1) is 104. The van der Waals surface area contributed by atoms with Gasteiger partial charge in [-0.25, -0.2) is 80.0 Å². The number of nitrogens with zero attached hydrogens (tertiary/aromatic N) is 22. The normalized spacial score (nSPS) is 14.5. The number of hydrogen-bond donors (Lipinski definition) is 3. The first-order chi connectivity index (χ1) is 61.5. The van der Waals surface area contributed by atoms with E-state index in [-0.39, 0.29) is 110 Å². The third-order valence-corrected chi connectivity index (χ3v) is 21.0. The third-order valence-electron chi connectivity index (χ3n) is 18.1. The standard InChI is InChI=1S/C21H21N5O3S.C17H12FN5O.C11H12N4O.C10H9ClN4.C10H10N4O.C7H3F2N.C3H9NO2S.C2H6S.CH3F.CH4O.CH3O.2Na/c1-2-9-30(27,28)13-15-5-3-6-19(17(15)11-22)29-20-10-16-18(12-24-20)25-14-26-8-4-7-23-21(16)26;18-13-3-1-4-15(12(13)8-19)24-16-7-11-14(9-21-16)22-10-23-6-2-5-20-17(11)23;1-16-10-5-8-9(6-13-10)14-7-15-4-2-3-12-11(8)15;11-9-4-7-8(5-13-9)14-6-15-3-1-2-12-10(7)15;15-9-4-7-8(5-12-9)13-6-14-3-1-2-11-10(7)14;8-6-2-1-3-7(9)5(6)4-10;1-2-3-7(4,5)6;1-2-3;3*1-2;;/h3,5-6,10,12,14H,2,4,7-9,13H2,1H3;1,3-4,7,9-10H,2,5-6H2;5-7H,2-4H2,1H3;4-6H,1-3H2;4-6H,1-3H2,(H,12,15);1-3H;2-3H2,1H3,(H2,4,5,6);3H,2H2,1H3;1H3;2H,1H3;1H3;;/q;;;;;;;;;;-1;2*+1/p-1/i;;;;;;;;1D;;;;. The molecule has 0 radical (unpaired) electrons.